The summed E-state index contributed by atoms with van der Waals surface area (Å²) >= 11 is 0. The molecule has 0 aromatic rings. The summed E-state index contributed by atoms with van der Waals surface area (Å²) in [5, 5.41) is 72.3. The van der Waals surface area contributed by atoms with E-state index < -0.39 is 99.3 Å². The Morgan fingerprint density at radius 1 is 0.427 bits per heavy atom. The van der Waals surface area contributed by atoms with E-state index in [0.717, 1.165) is 44.9 Å². The van der Waals surface area contributed by atoms with E-state index in [0.29, 0.717) is 19.3 Å². The number of ether oxygens (including phenoxy) is 6. The molecule has 7 N–H and O–H groups in total. The molecule has 0 bridgehead atoms. The Hall–Kier alpha value is -2.54. The lowest BCUT2D eigenvalue weighted by Crippen LogP contribution is -2.61. The lowest BCUT2D eigenvalue weighted by molar-refractivity contribution is -0.332. The predicted molar refractivity (Wildman–Crippen MR) is 293 cm³/mol. The highest BCUT2D eigenvalue weighted by Gasteiger charge is 2.47. The minimum absolute atomic E-state index is 0.143. The molecule has 2 saturated heterocycles. The topological polar surface area (TPSA) is 231 Å². The van der Waals surface area contributed by atoms with Gasteiger partial charge in [0.05, 0.1) is 19.8 Å². The third kappa shape index (κ3) is 33.5. The fraction of sp³-hybridized carbons (Fsp3) is 0.833. The van der Waals surface area contributed by atoms with Crippen LogP contribution in [0.1, 0.15) is 226 Å². The largest absolute Gasteiger partial charge is 0.462 e. The molecule has 11 atom stereocenters. The number of unbranched alkanes of at least 4 members (excludes halogenated alkanes) is 25. The zero-order chi connectivity index (χ0) is 54.6. The quantitative estimate of drug-likeness (QED) is 0.0171. The maximum Gasteiger partial charge on any atom is 0.306 e. The molecule has 0 spiro atoms. The Labute approximate surface area is 452 Å². The summed E-state index contributed by atoms with van der Waals surface area (Å²) in [5.41, 5.74) is 0. The number of aliphatic hydroxyl groups excluding tert-OH is 7. The van der Waals surface area contributed by atoms with E-state index in [4.69, 9.17) is 28.4 Å². The molecule has 2 fully saturated rings. The highest BCUT2D eigenvalue weighted by atomic mass is 16.7. The molecular weight excluding hydrogens is 961 g/mol. The summed E-state index contributed by atoms with van der Waals surface area (Å²) < 4.78 is 33.6. The van der Waals surface area contributed by atoms with Crippen molar-refractivity contribution in [2.45, 2.75) is 293 Å². The van der Waals surface area contributed by atoms with Gasteiger partial charge in [0.25, 0.3) is 0 Å². The van der Waals surface area contributed by atoms with Crippen LogP contribution in [-0.2, 0) is 38.0 Å². The molecule has 0 aromatic heterocycles. The molecule has 2 aliphatic rings. The zero-order valence-electron chi connectivity index (χ0n) is 46.5. The van der Waals surface area contributed by atoms with Crippen LogP contribution >= 0.6 is 0 Å². The summed E-state index contributed by atoms with van der Waals surface area (Å²) in [6.07, 6.45) is 37.1. The number of allylic oxidation sites excluding steroid dienone is 8. The van der Waals surface area contributed by atoms with Gasteiger partial charge in [0.2, 0.25) is 0 Å². The molecule has 2 heterocycles. The van der Waals surface area contributed by atoms with Gasteiger partial charge in [0.1, 0.15) is 55.4 Å². The molecule has 0 radical (unpaired) electrons. The average Bonchev–Trinajstić information content (AvgIpc) is 3.40. The summed E-state index contributed by atoms with van der Waals surface area (Å²) in [6.45, 7) is 2.54. The maximum absolute atomic E-state index is 13.1. The van der Waals surface area contributed by atoms with E-state index in [-0.39, 0.29) is 19.4 Å². The fourth-order valence-electron chi connectivity index (χ4n) is 9.21. The van der Waals surface area contributed by atoms with Gasteiger partial charge in [0, 0.05) is 12.8 Å². The van der Waals surface area contributed by atoms with E-state index in [2.05, 4.69) is 56.4 Å². The van der Waals surface area contributed by atoms with Crippen LogP contribution in [0.15, 0.2) is 48.6 Å². The lowest BCUT2D eigenvalue weighted by atomic mass is 9.98. The third-order valence-electron chi connectivity index (χ3n) is 14.1. The highest BCUT2D eigenvalue weighted by molar-refractivity contribution is 5.70. The summed E-state index contributed by atoms with van der Waals surface area (Å²) in [4.78, 5) is 25.9. The first kappa shape index (κ1) is 68.6. The molecule has 4 unspecified atom stereocenters. The molecule has 0 aliphatic carbocycles. The van der Waals surface area contributed by atoms with E-state index in [9.17, 15) is 45.3 Å². The van der Waals surface area contributed by atoms with Crippen LogP contribution in [0.2, 0.25) is 0 Å². The molecule has 0 saturated carbocycles. The van der Waals surface area contributed by atoms with E-state index >= 15 is 0 Å². The standard InChI is InChI=1S/C60H106O15/c1-3-5-7-9-11-13-15-17-19-21-22-23-24-25-27-29-31-33-35-37-39-41-43-52(63)73-48(45-70-51(62)42-40-38-36-34-32-30-28-26-20-18-16-14-12-10-8-6-4-2)46-71-59-58(69)56(67)54(65)50(75-59)47-72-60-57(68)55(66)53(64)49(44-61)74-60/h12,14,18,20,28,30,34,36,48-50,53-61,64-69H,3-11,13,15-17,19,21-27,29,31-33,35,37-47H2,1-2H3/b14-12+,20-18+,30-28+,36-34+/t48-,49+,50+,53-,54-,55?,56?,57?,58?,59+,60+/m1/s1. The SMILES string of the molecule is CCCCC/C=C/C/C=C/C/C=C/C/C=C/CCCC(=O)OC[C@H](CO[C@H]1O[C@@H](CO[C@H]2O[C@@H](CO)[C@@H](O)C(O)C2O)[C@@H](O)C(O)C1O)OC(=O)CCCCCCCCCCCCCCCCCCCCCCCC. The minimum atomic E-state index is -1.77. The van der Waals surface area contributed by atoms with Gasteiger partial charge >= 0.3 is 11.9 Å². The second-order valence-corrected chi connectivity index (χ2v) is 20.8. The molecule has 0 amide bonds. The van der Waals surface area contributed by atoms with Crippen LogP contribution in [0.25, 0.3) is 0 Å². The van der Waals surface area contributed by atoms with E-state index in [1.54, 1.807) is 0 Å². The second kappa shape index (κ2) is 46.4. The molecule has 2 aliphatic heterocycles. The molecule has 0 aromatic carbocycles. The van der Waals surface area contributed by atoms with Gasteiger partial charge in [-0.05, 0) is 51.4 Å². The number of hydrogen-bond donors (Lipinski definition) is 7. The molecule has 2 rings (SSSR count). The molecule has 75 heavy (non-hydrogen) atoms. The Balaban J connectivity index is 1.76. The third-order valence-corrected chi connectivity index (χ3v) is 14.1. The first-order valence-corrected chi connectivity index (χ1v) is 29.7. The van der Waals surface area contributed by atoms with Gasteiger partial charge in [-0.3, -0.25) is 9.59 Å². The molecule has 15 nitrogen and oxygen atoms in total. The monoisotopic (exact) mass is 1070 g/mol. The van der Waals surface area contributed by atoms with Crippen LogP contribution in [0.3, 0.4) is 0 Å². The molecular formula is C60H106O15. The minimum Gasteiger partial charge on any atom is -0.462 e. The van der Waals surface area contributed by atoms with Crippen molar-refractivity contribution in [2.75, 3.05) is 26.4 Å². The number of rotatable bonds is 47. The average molecular weight is 1070 g/mol. The van der Waals surface area contributed by atoms with Gasteiger partial charge in [-0.2, -0.15) is 0 Å². The van der Waals surface area contributed by atoms with Crippen molar-refractivity contribution >= 4 is 11.9 Å². The smallest absolute Gasteiger partial charge is 0.306 e. The van der Waals surface area contributed by atoms with Crippen LogP contribution in [0.5, 0.6) is 0 Å². The number of carbonyl (C=O) groups excluding carboxylic acids is 2. The first-order chi connectivity index (χ1) is 36.5. The van der Waals surface area contributed by atoms with Crippen LogP contribution in [0, 0.1) is 0 Å². The molecule has 15 heteroatoms. The van der Waals surface area contributed by atoms with Gasteiger partial charge in [-0.15, -0.1) is 0 Å². The van der Waals surface area contributed by atoms with Crippen LogP contribution in [0.4, 0.5) is 0 Å². The molecule has 436 valence electrons. The fourth-order valence-corrected chi connectivity index (χ4v) is 9.21. The summed E-state index contributed by atoms with van der Waals surface area (Å²) in [6, 6.07) is 0. The highest BCUT2D eigenvalue weighted by Crippen LogP contribution is 2.27. The second-order valence-electron chi connectivity index (χ2n) is 20.8. The number of aliphatic hydroxyl groups is 7. The predicted octanol–water partition coefficient (Wildman–Crippen LogP) is 10.2. The number of esters is 2. The Morgan fingerprint density at radius 2 is 0.813 bits per heavy atom. The van der Waals surface area contributed by atoms with Crippen molar-refractivity contribution in [3.8, 4) is 0 Å². The van der Waals surface area contributed by atoms with Crippen molar-refractivity contribution in [1.82, 2.24) is 0 Å². The van der Waals surface area contributed by atoms with Crippen molar-refractivity contribution in [2.24, 2.45) is 0 Å². The van der Waals surface area contributed by atoms with Crippen molar-refractivity contribution in [3.05, 3.63) is 48.6 Å². The van der Waals surface area contributed by atoms with Crippen molar-refractivity contribution in [1.29, 1.82) is 0 Å². The summed E-state index contributed by atoms with van der Waals surface area (Å²) in [7, 11) is 0. The van der Waals surface area contributed by atoms with Gasteiger partial charge in [-0.25, -0.2) is 0 Å². The zero-order valence-corrected chi connectivity index (χ0v) is 46.5. The van der Waals surface area contributed by atoms with Crippen LogP contribution in [-0.4, -0.2) is 142 Å². The maximum atomic E-state index is 13.1. The lowest BCUT2D eigenvalue weighted by Gasteiger charge is -2.42. The number of hydrogen-bond acceptors (Lipinski definition) is 15. The van der Waals surface area contributed by atoms with Crippen LogP contribution < -0.4 is 0 Å². The van der Waals surface area contributed by atoms with Gasteiger partial charge in [-0.1, -0.05) is 210 Å². The Morgan fingerprint density at radius 3 is 1.29 bits per heavy atom. The Kier molecular flexibility index (Phi) is 42.4. The van der Waals surface area contributed by atoms with Crippen molar-refractivity contribution < 1.29 is 73.8 Å². The Bertz CT molecular complexity index is 1490. The normalized spacial score (nSPS) is 24.8. The van der Waals surface area contributed by atoms with Gasteiger partial charge in [0.15, 0.2) is 18.7 Å². The summed E-state index contributed by atoms with van der Waals surface area (Å²) in [5.74, 6) is -0.982. The van der Waals surface area contributed by atoms with E-state index in [1.165, 1.54) is 135 Å². The van der Waals surface area contributed by atoms with E-state index in [1.807, 2.05) is 6.08 Å². The van der Waals surface area contributed by atoms with Crippen molar-refractivity contribution in [3.63, 3.8) is 0 Å². The van der Waals surface area contributed by atoms with Gasteiger partial charge < -0.3 is 64.2 Å². The first-order valence-electron chi connectivity index (χ1n) is 29.7. The number of carbonyl (C=O) groups is 2.